The number of nitrogens with one attached hydrogen (secondary N) is 1. The molecule has 162 valence electrons. The van der Waals surface area contributed by atoms with E-state index in [1.165, 1.54) is 11.6 Å². The average molecular weight is 414 g/mol. The van der Waals surface area contributed by atoms with Gasteiger partial charge in [-0.2, -0.15) is 0 Å². The minimum atomic E-state index is -0.590. The van der Waals surface area contributed by atoms with Crippen LogP contribution < -0.4 is 27.2 Å². The van der Waals surface area contributed by atoms with E-state index in [0.29, 0.717) is 18.8 Å². The van der Waals surface area contributed by atoms with Crippen LogP contribution in [0.2, 0.25) is 0 Å². The predicted molar refractivity (Wildman–Crippen MR) is 120 cm³/mol. The number of benzene rings is 1. The molecule has 0 saturated carbocycles. The van der Waals surface area contributed by atoms with Crippen molar-refractivity contribution in [1.82, 2.24) is 9.13 Å². The summed E-state index contributed by atoms with van der Waals surface area (Å²) in [6.45, 7) is 5.13. The Morgan fingerprint density at radius 1 is 1.07 bits per heavy atom. The van der Waals surface area contributed by atoms with Gasteiger partial charge in [0.05, 0.1) is 0 Å². The topological polar surface area (TPSA) is 102 Å². The molecule has 0 radical (unpaired) electrons. The van der Waals surface area contributed by atoms with E-state index in [-0.39, 0.29) is 12.4 Å². The molecule has 0 atom stereocenters. The first-order chi connectivity index (χ1) is 14.4. The molecule has 0 bridgehead atoms. The van der Waals surface area contributed by atoms with Crippen molar-refractivity contribution in [2.45, 2.75) is 52.5 Å². The fourth-order valence-corrected chi connectivity index (χ4v) is 4.05. The Morgan fingerprint density at radius 3 is 2.23 bits per heavy atom. The van der Waals surface area contributed by atoms with E-state index >= 15 is 0 Å². The second kappa shape index (κ2) is 9.19. The van der Waals surface area contributed by atoms with Crippen molar-refractivity contribution in [2.24, 2.45) is 7.05 Å². The van der Waals surface area contributed by atoms with E-state index in [9.17, 15) is 14.4 Å². The van der Waals surface area contributed by atoms with Gasteiger partial charge < -0.3 is 16.0 Å². The van der Waals surface area contributed by atoms with Crippen LogP contribution in [0.4, 0.5) is 17.2 Å². The Hall–Kier alpha value is -3.03. The maximum absolute atomic E-state index is 13.1. The Kier molecular flexibility index (Phi) is 6.64. The molecule has 8 heteroatoms. The van der Waals surface area contributed by atoms with Crippen molar-refractivity contribution >= 4 is 23.1 Å². The number of carbonyl (C=O) groups excluding carboxylic acids is 1. The summed E-state index contributed by atoms with van der Waals surface area (Å²) in [5.74, 6) is -0.257. The number of para-hydroxylation sites is 1. The molecule has 1 saturated heterocycles. The zero-order valence-electron chi connectivity index (χ0n) is 18.0. The molecule has 2 heterocycles. The van der Waals surface area contributed by atoms with Crippen molar-refractivity contribution in [3.63, 3.8) is 0 Å². The third-order valence-electron chi connectivity index (χ3n) is 5.81. The van der Waals surface area contributed by atoms with Crippen LogP contribution in [0, 0.1) is 0 Å². The van der Waals surface area contributed by atoms with Crippen LogP contribution in [0.15, 0.2) is 27.8 Å². The lowest BCUT2D eigenvalue weighted by molar-refractivity contribution is -0.116. The van der Waals surface area contributed by atoms with Gasteiger partial charge >= 0.3 is 5.69 Å². The highest BCUT2D eigenvalue weighted by molar-refractivity contribution is 5.92. The number of anilines is 3. The van der Waals surface area contributed by atoms with Crippen LogP contribution in [0.5, 0.6) is 0 Å². The zero-order chi connectivity index (χ0) is 21.8. The number of hydrogen-bond donors (Lipinski definition) is 2. The van der Waals surface area contributed by atoms with Gasteiger partial charge in [-0.25, -0.2) is 9.36 Å². The molecule has 3 rings (SSSR count). The number of amides is 1. The van der Waals surface area contributed by atoms with Gasteiger partial charge in [0, 0.05) is 25.8 Å². The fraction of sp³-hybridized carbons (Fsp3) is 0.500. The summed E-state index contributed by atoms with van der Waals surface area (Å²) in [4.78, 5) is 40.6. The fourth-order valence-electron chi connectivity index (χ4n) is 4.05. The SMILES string of the molecule is CCc1cccc(CC)c1NC(=O)Cn1c(=O)c(N2CCCCC2)c(N)n(C)c1=O. The summed E-state index contributed by atoms with van der Waals surface area (Å²) in [6, 6.07) is 5.91. The number of piperidine rings is 1. The molecule has 2 aromatic rings. The highest BCUT2D eigenvalue weighted by Crippen LogP contribution is 2.23. The molecular weight excluding hydrogens is 382 g/mol. The van der Waals surface area contributed by atoms with Crippen LogP contribution in [0.3, 0.4) is 0 Å². The first-order valence-electron chi connectivity index (χ1n) is 10.6. The minimum Gasteiger partial charge on any atom is -0.383 e. The standard InChI is InChI=1S/C22H31N5O3/c1-4-15-10-9-11-16(5-2)18(15)24-17(28)14-27-21(29)19(20(23)25(3)22(27)30)26-12-7-6-8-13-26/h9-11H,4-8,12-14,23H2,1-3H3,(H,24,28). The van der Waals surface area contributed by atoms with E-state index in [0.717, 1.165) is 53.5 Å². The molecule has 1 aromatic heterocycles. The largest absolute Gasteiger partial charge is 0.383 e. The van der Waals surface area contributed by atoms with Gasteiger partial charge in [0.1, 0.15) is 18.1 Å². The lowest BCUT2D eigenvalue weighted by Crippen LogP contribution is -2.46. The van der Waals surface area contributed by atoms with Gasteiger partial charge in [0.2, 0.25) is 5.91 Å². The molecule has 3 N–H and O–H groups in total. The summed E-state index contributed by atoms with van der Waals surface area (Å²) in [6.07, 6.45) is 4.58. The molecule has 1 aromatic carbocycles. The lowest BCUT2D eigenvalue weighted by atomic mass is 10.0. The Balaban J connectivity index is 1.96. The molecule has 1 aliphatic heterocycles. The maximum Gasteiger partial charge on any atom is 0.332 e. The van der Waals surface area contributed by atoms with E-state index in [2.05, 4.69) is 5.32 Å². The number of nitrogens with two attached hydrogens (primary N) is 1. The lowest BCUT2D eigenvalue weighted by Gasteiger charge is -2.29. The molecule has 8 nitrogen and oxygen atoms in total. The highest BCUT2D eigenvalue weighted by Gasteiger charge is 2.23. The summed E-state index contributed by atoms with van der Waals surface area (Å²) in [5.41, 5.74) is 8.15. The number of nitrogens with zero attached hydrogens (tertiary/aromatic N) is 3. The third kappa shape index (κ3) is 4.13. The van der Waals surface area contributed by atoms with Crippen molar-refractivity contribution < 1.29 is 4.79 Å². The number of hydrogen-bond acceptors (Lipinski definition) is 5. The van der Waals surface area contributed by atoms with Crippen LogP contribution in [0.1, 0.15) is 44.2 Å². The zero-order valence-corrected chi connectivity index (χ0v) is 18.0. The maximum atomic E-state index is 13.1. The van der Waals surface area contributed by atoms with Crippen molar-refractivity contribution in [1.29, 1.82) is 0 Å². The Labute approximate surface area is 176 Å². The first kappa shape index (κ1) is 21.7. The summed E-state index contributed by atoms with van der Waals surface area (Å²) >= 11 is 0. The number of aryl methyl sites for hydroxylation is 2. The van der Waals surface area contributed by atoms with Crippen LogP contribution in [0.25, 0.3) is 0 Å². The molecule has 1 amide bonds. The summed E-state index contributed by atoms with van der Waals surface area (Å²) in [5, 5.41) is 2.93. The Morgan fingerprint density at radius 2 is 1.67 bits per heavy atom. The third-order valence-corrected chi connectivity index (χ3v) is 5.81. The number of aromatic nitrogens is 2. The second-order valence-corrected chi connectivity index (χ2v) is 7.72. The normalized spacial score (nSPS) is 14.0. The van der Waals surface area contributed by atoms with Gasteiger partial charge in [-0.3, -0.25) is 14.2 Å². The molecule has 1 fully saturated rings. The van der Waals surface area contributed by atoms with Crippen molar-refractivity contribution in [3.05, 3.63) is 50.2 Å². The second-order valence-electron chi connectivity index (χ2n) is 7.72. The van der Waals surface area contributed by atoms with Crippen LogP contribution >= 0.6 is 0 Å². The average Bonchev–Trinajstić information content (AvgIpc) is 2.76. The number of nitrogen functional groups attached to an aromatic ring is 1. The van der Waals surface area contributed by atoms with Gasteiger partial charge in [0.15, 0.2) is 0 Å². The predicted octanol–water partition coefficient (Wildman–Crippen LogP) is 1.88. The van der Waals surface area contributed by atoms with Gasteiger partial charge in [-0.05, 0) is 43.2 Å². The smallest absolute Gasteiger partial charge is 0.332 e. The Bertz CT molecular complexity index is 1030. The van der Waals surface area contributed by atoms with E-state index in [1.807, 2.05) is 36.9 Å². The van der Waals surface area contributed by atoms with Crippen molar-refractivity contribution in [2.75, 3.05) is 29.0 Å². The van der Waals surface area contributed by atoms with Gasteiger partial charge in [0.25, 0.3) is 5.56 Å². The van der Waals surface area contributed by atoms with E-state index in [1.54, 1.807) is 0 Å². The molecular formula is C22H31N5O3. The highest BCUT2D eigenvalue weighted by atomic mass is 16.2. The number of carbonyl (C=O) groups is 1. The molecule has 1 aliphatic rings. The van der Waals surface area contributed by atoms with Crippen LogP contribution in [-0.4, -0.2) is 28.1 Å². The minimum absolute atomic E-state index is 0.146. The van der Waals surface area contributed by atoms with Crippen molar-refractivity contribution in [3.8, 4) is 0 Å². The molecule has 0 spiro atoms. The molecule has 0 aliphatic carbocycles. The summed E-state index contributed by atoms with van der Waals surface area (Å²) in [7, 11) is 1.53. The van der Waals surface area contributed by atoms with Gasteiger partial charge in [-0.1, -0.05) is 32.0 Å². The summed E-state index contributed by atoms with van der Waals surface area (Å²) < 4.78 is 2.23. The molecule has 0 unspecified atom stereocenters. The van der Waals surface area contributed by atoms with E-state index in [4.69, 9.17) is 5.73 Å². The quantitative estimate of drug-likeness (QED) is 0.753. The van der Waals surface area contributed by atoms with Crippen LogP contribution in [-0.2, 0) is 31.2 Å². The van der Waals surface area contributed by atoms with Gasteiger partial charge in [-0.15, -0.1) is 0 Å². The number of rotatable bonds is 6. The van der Waals surface area contributed by atoms with E-state index < -0.39 is 17.2 Å². The monoisotopic (exact) mass is 413 g/mol. The molecule has 30 heavy (non-hydrogen) atoms. The first-order valence-corrected chi connectivity index (χ1v) is 10.6.